The molecule has 0 amide bonds. The molecule has 0 saturated heterocycles. The van der Waals surface area contributed by atoms with Gasteiger partial charge in [-0.25, -0.2) is 0 Å². The Bertz CT molecular complexity index is 1220. The Balaban J connectivity index is 4.22. The lowest BCUT2D eigenvalue weighted by Gasteiger charge is -2.18. The minimum absolute atomic E-state index is 0.0868. The van der Waals surface area contributed by atoms with Gasteiger partial charge < -0.3 is 14.2 Å². The summed E-state index contributed by atoms with van der Waals surface area (Å²) in [5, 5.41) is 0. The molecule has 0 aliphatic carbocycles. The summed E-state index contributed by atoms with van der Waals surface area (Å²) in [6, 6.07) is 0. The first-order valence-electron chi connectivity index (χ1n) is 25.6. The Hall–Kier alpha value is -3.41. The Kier molecular flexibility index (Phi) is 47.5. The third kappa shape index (κ3) is 47.6. The van der Waals surface area contributed by atoms with E-state index in [9.17, 15) is 14.4 Å². The highest BCUT2D eigenvalue weighted by Crippen LogP contribution is 2.15. The van der Waals surface area contributed by atoms with Crippen LogP contribution in [0.2, 0.25) is 0 Å². The van der Waals surface area contributed by atoms with Crippen LogP contribution in [0, 0.1) is 0 Å². The van der Waals surface area contributed by atoms with E-state index < -0.39 is 6.10 Å². The summed E-state index contributed by atoms with van der Waals surface area (Å²) in [6.07, 6.45) is 64.6. The van der Waals surface area contributed by atoms with Crippen LogP contribution in [0.25, 0.3) is 0 Å². The van der Waals surface area contributed by atoms with Crippen LogP contribution in [-0.4, -0.2) is 37.2 Å². The average Bonchev–Trinajstić information content (AvgIpc) is 3.27. The number of carbonyl (C=O) groups is 3. The van der Waals surface area contributed by atoms with E-state index in [1.807, 2.05) is 0 Å². The van der Waals surface area contributed by atoms with E-state index in [0.717, 1.165) is 116 Å². The van der Waals surface area contributed by atoms with E-state index >= 15 is 0 Å². The van der Waals surface area contributed by atoms with Gasteiger partial charge in [-0.3, -0.25) is 14.4 Å². The monoisotopic (exact) mass is 863 g/mol. The van der Waals surface area contributed by atoms with Crippen LogP contribution < -0.4 is 0 Å². The van der Waals surface area contributed by atoms with Gasteiger partial charge >= 0.3 is 17.9 Å². The van der Waals surface area contributed by atoms with Gasteiger partial charge in [0.05, 0.1) is 0 Å². The molecule has 0 aromatic rings. The molecule has 354 valence electrons. The molecule has 0 aliphatic rings. The quantitative estimate of drug-likeness (QED) is 0.0263. The lowest BCUT2D eigenvalue weighted by atomic mass is 10.0. The van der Waals surface area contributed by atoms with Crippen LogP contribution in [0.15, 0.2) is 85.1 Å². The molecule has 0 spiro atoms. The van der Waals surface area contributed by atoms with Gasteiger partial charge in [0.1, 0.15) is 13.2 Å². The normalized spacial score (nSPS) is 12.8. The smallest absolute Gasteiger partial charge is 0.306 e. The number of hydrogen-bond acceptors (Lipinski definition) is 6. The van der Waals surface area contributed by atoms with Gasteiger partial charge in [-0.1, -0.05) is 221 Å². The molecule has 0 heterocycles. The molecule has 0 saturated carbocycles. The molecule has 0 aromatic carbocycles. The van der Waals surface area contributed by atoms with Gasteiger partial charge in [0.15, 0.2) is 6.10 Å². The van der Waals surface area contributed by atoms with Crippen LogP contribution in [0.4, 0.5) is 0 Å². The highest BCUT2D eigenvalue weighted by Gasteiger charge is 2.19. The van der Waals surface area contributed by atoms with E-state index in [-0.39, 0.29) is 31.1 Å². The predicted molar refractivity (Wildman–Crippen MR) is 265 cm³/mol. The molecule has 0 aromatic heterocycles. The molecule has 1 unspecified atom stereocenters. The van der Waals surface area contributed by atoms with E-state index in [2.05, 4.69) is 106 Å². The van der Waals surface area contributed by atoms with Crippen molar-refractivity contribution in [1.82, 2.24) is 0 Å². The van der Waals surface area contributed by atoms with Crippen molar-refractivity contribution in [2.45, 2.75) is 239 Å². The molecule has 6 nitrogen and oxygen atoms in total. The summed E-state index contributed by atoms with van der Waals surface area (Å²) in [6.45, 7) is 6.41. The SMILES string of the molecule is CC/C=C\C/C=C\C/C=C\C/C=C\C/C=C\C/C=C\C/C=C\CCCCCC(=O)OCC(COC(=O)CCCCCCC)OC(=O)CCCCCCCCCCCCCCCC. The molecule has 0 N–H and O–H groups in total. The summed E-state index contributed by atoms with van der Waals surface area (Å²) in [7, 11) is 0. The van der Waals surface area contributed by atoms with Crippen molar-refractivity contribution in [2.75, 3.05) is 13.2 Å². The fourth-order valence-electron chi connectivity index (χ4n) is 6.83. The van der Waals surface area contributed by atoms with Gasteiger partial charge in [0.2, 0.25) is 0 Å². The number of allylic oxidation sites excluding steroid dienone is 14. The number of carbonyl (C=O) groups excluding carboxylic acids is 3. The fraction of sp³-hybridized carbons (Fsp3) is 0.696. The predicted octanol–water partition coefficient (Wildman–Crippen LogP) is 16.8. The topological polar surface area (TPSA) is 78.9 Å². The Morgan fingerprint density at radius 3 is 0.984 bits per heavy atom. The minimum Gasteiger partial charge on any atom is -0.462 e. The molecule has 0 rings (SSSR count). The number of unbranched alkanes of at least 4 members (excludes halogenated alkanes) is 20. The second-order valence-corrected chi connectivity index (χ2v) is 16.7. The van der Waals surface area contributed by atoms with Crippen LogP contribution >= 0.6 is 0 Å². The molecular weight excluding hydrogens is 769 g/mol. The maximum atomic E-state index is 12.7. The number of esters is 3. The molecule has 6 heteroatoms. The maximum absolute atomic E-state index is 12.7. The summed E-state index contributed by atoms with van der Waals surface area (Å²) < 4.78 is 16.6. The van der Waals surface area contributed by atoms with E-state index in [1.54, 1.807) is 0 Å². The lowest BCUT2D eigenvalue weighted by Crippen LogP contribution is -2.30. The first-order valence-corrected chi connectivity index (χ1v) is 25.6. The molecule has 0 bridgehead atoms. The number of rotatable bonds is 45. The second-order valence-electron chi connectivity index (χ2n) is 16.7. The van der Waals surface area contributed by atoms with Gasteiger partial charge in [-0.15, -0.1) is 0 Å². The summed E-state index contributed by atoms with van der Waals surface area (Å²) in [4.78, 5) is 37.6. The van der Waals surface area contributed by atoms with Crippen LogP contribution in [-0.2, 0) is 28.6 Å². The maximum Gasteiger partial charge on any atom is 0.306 e. The largest absolute Gasteiger partial charge is 0.462 e. The third-order valence-electron chi connectivity index (χ3n) is 10.7. The van der Waals surface area contributed by atoms with Crippen molar-refractivity contribution in [3.8, 4) is 0 Å². The van der Waals surface area contributed by atoms with Crippen LogP contribution in [0.3, 0.4) is 0 Å². The minimum atomic E-state index is -0.784. The van der Waals surface area contributed by atoms with Crippen LogP contribution in [0.5, 0.6) is 0 Å². The van der Waals surface area contributed by atoms with E-state index in [1.165, 1.54) is 77.0 Å². The van der Waals surface area contributed by atoms with Gasteiger partial charge in [0.25, 0.3) is 0 Å². The number of ether oxygens (including phenoxy) is 3. The molecule has 62 heavy (non-hydrogen) atoms. The fourth-order valence-corrected chi connectivity index (χ4v) is 6.83. The number of hydrogen-bond donors (Lipinski definition) is 0. The summed E-state index contributed by atoms with van der Waals surface area (Å²) in [5.41, 5.74) is 0. The first-order chi connectivity index (χ1) is 30.5. The molecule has 1 atom stereocenters. The van der Waals surface area contributed by atoms with Crippen molar-refractivity contribution < 1.29 is 28.6 Å². The van der Waals surface area contributed by atoms with Crippen LogP contribution in [0.1, 0.15) is 233 Å². The molecule has 0 fully saturated rings. The standard InChI is InChI=1S/C56H94O6/c1-4-7-10-13-15-17-19-21-23-24-25-26-27-28-29-30-31-32-33-35-36-38-40-43-46-49-55(58)61-52-53(51-60-54(57)48-45-42-12-9-6-3)62-56(59)50-47-44-41-39-37-34-22-20-18-16-14-11-8-5-2/h7,10,15,17,21,23,25-26,28-29,31-32,35-36,53H,4-6,8-9,11-14,16,18-20,22,24,27,30,33-34,37-52H2,1-3H3/b10-7-,17-15-,23-21-,26-25-,29-28-,32-31-,36-35-. The van der Waals surface area contributed by atoms with Crippen molar-refractivity contribution >= 4 is 17.9 Å². The highest BCUT2D eigenvalue weighted by molar-refractivity contribution is 5.71. The highest BCUT2D eigenvalue weighted by atomic mass is 16.6. The second kappa shape index (κ2) is 50.2. The molecule has 0 aliphatic heterocycles. The summed E-state index contributed by atoms with van der Waals surface area (Å²) in [5.74, 6) is -0.935. The van der Waals surface area contributed by atoms with Gasteiger partial charge in [-0.05, 0) is 77.0 Å². The van der Waals surface area contributed by atoms with Crippen molar-refractivity contribution in [3.05, 3.63) is 85.1 Å². The van der Waals surface area contributed by atoms with Gasteiger partial charge in [0, 0.05) is 19.3 Å². The molecular formula is C56H94O6. The first kappa shape index (κ1) is 58.6. The Morgan fingerprint density at radius 1 is 0.339 bits per heavy atom. The van der Waals surface area contributed by atoms with Crippen molar-refractivity contribution in [2.24, 2.45) is 0 Å². The average molecular weight is 863 g/mol. The Morgan fingerprint density at radius 2 is 0.629 bits per heavy atom. The Labute approximate surface area is 382 Å². The zero-order valence-electron chi connectivity index (χ0n) is 40.4. The zero-order chi connectivity index (χ0) is 45.1. The van der Waals surface area contributed by atoms with E-state index in [4.69, 9.17) is 14.2 Å². The lowest BCUT2D eigenvalue weighted by molar-refractivity contribution is -0.167. The molecule has 0 radical (unpaired) electrons. The van der Waals surface area contributed by atoms with E-state index in [0.29, 0.717) is 19.3 Å². The third-order valence-corrected chi connectivity index (χ3v) is 10.7. The van der Waals surface area contributed by atoms with Gasteiger partial charge in [-0.2, -0.15) is 0 Å². The zero-order valence-corrected chi connectivity index (χ0v) is 40.4. The van der Waals surface area contributed by atoms with Crippen molar-refractivity contribution in [1.29, 1.82) is 0 Å². The van der Waals surface area contributed by atoms with Crippen molar-refractivity contribution in [3.63, 3.8) is 0 Å². The summed E-state index contributed by atoms with van der Waals surface area (Å²) >= 11 is 0.